The fourth-order valence-electron chi connectivity index (χ4n) is 7.55. The van der Waals surface area contributed by atoms with Gasteiger partial charge >= 0.3 is 12.1 Å². The van der Waals surface area contributed by atoms with Gasteiger partial charge in [-0.3, -0.25) is 9.59 Å². The first-order valence-electron chi connectivity index (χ1n) is 18.5. The van der Waals surface area contributed by atoms with Crippen LogP contribution in [0.3, 0.4) is 0 Å². The molecule has 1 heterocycles. The van der Waals surface area contributed by atoms with Crippen LogP contribution in [0.2, 0.25) is 0 Å². The molecule has 0 N–H and O–H groups in total. The number of halogens is 2. The number of hydrogen-bond donors (Lipinski definition) is 0. The molecular weight excluding hydrogens is 687 g/mol. The van der Waals surface area contributed by atoms with Crippen molar-refractivity contribution in [3.63, 3.8) is 0 Å². The molecule has 0 fully saturated rings. The molecule has 0 spiro atoms. The number of Topliss-reactive ketones (excluding diaryl/α,β-unsaturated/α-hetero) is 1. The number of carbonyl (C=O) groups excluding carboxylic acids is 3. The van der Waals surface area contributed by atoms with Crippen LogP contribution in [-0.2, 0) is 32.0 Å². The summed E-state index contributed by atoms with van der Waals surface area (Å²) >= 11 is 0. The summed E-state index contributed by atoms with van der Waals surface area (Å²) in [5.41, 5.74) is 5.80. The van der Waals surface area contributed by atoms with Gasteiger partial charge in [0.15, 0.2) is 17.4 Å². The summed E-state index contributed by atoms with van der Waals surface area (Å²) in [5.74, 6) is -3.35. The average Bonchev–Trinajstić information content (AvgIpc) is 3.64. The molecule has 282 valence electrons. The first kappa shape index (κ1) is 38.4. The molecule has 0 radical (unpaired) electrons. The van der Waals surface area contributed by atoms with Gasteiger partial charge in [0.1, 0.15) is 12.2 Å². The summed E-state index contributed by atoms with van der Waals surface area (Å²) < 4.78 is 41.6. The van der Waals surface area contributed by atoms with E-state index in [4.69, 9.17) is 9.47 Å². The lowest BCUT2D eigenvalue weighted by Crippen LogP contribution is -2.45. The van der Waals surface area contributed by atoms with E-state index in [1.54, 1.807) is 27.8 Å². The molecule has 7 nitrogen and oxygen atoms in total. The van der Waals surface area contributed by atoms with E-state index >= 15 is 0 Å². The lowest BCUT2D eigenvalue weighted by molar-refractivity contribution is -0.162. The van der Waals surface area contributed by atoms with Crippen LogP contribution in [0.15, 0.2) is 97.2 Å². The van der Waals surface area contributed by atoms with Crippen molar-refractivity contribution in [1.29, 1.82) is 0 Å². The van der Waals surface area contributed by atoms with E-state index in [1.165, 1.54) is 17.0 Å². The summed E-state index contributed by atoms with van der Waals surface area (Å²) in [6.45, 7) is 9.70. The van der Waals surface area contributed by atoms with Gasteiger partial charge < -0.3 is 18.9 Å². The molecule has 2 atom stereocenters. The summed E-state index contributed by atoms with van der Waals surface area (Å²) in [6.07, 6.45) is 1.69. The Morgan fingerprint density at radius 1 is 0.852 bits per heavy atom. The fraction of sp³-hybridized carbons (Fsp3) is 0.356. The van der Waals surface area contributed by atoms with E-state index in [2.05, 4.69) is 12.1 Å². The molecule has 0 saturated heterocycles. The largest absolute Gasteiger partial charge is 0.460 e. The molecule has 1 aromatic heterocycles. The summed E-state index contributed by atoms with van der Waals surface area (Å²) in [7, 11) is 1.56. The number of fused-ring (bicyclic) bond motifs is 4. The van der Waals surface area contributed by atoms with Crippen LogP contribution in [-0.4, -0.2) is 52.6 Å². The zero-order chi connectivity index (χ0) is 38.7. The van der Waals surface area contributed by atoms with E-state index in [0.29, 0.717) is 12.0 Å². The Morgan fingerprint density at radius 2 is 1.48 bits per heavy atom. The van der Waals surface area contributed by atoms with Crippen molar-refractivity contribution < 1.29 is 32.6 Å². The van der Waals surface area contributed by atoms with Gasteiger partial charge in [0.2, 0.25) is 0 Å². The van der Waals surface area contributed by atoms with E-state index in [1.807, 2.05) is 85.3 Å². The van der Waals surface area contributed by atoms with Crippen LogP contribution in [0, 0.1) is 23.5 Å². The van der Waals surface area contributed by atoms with E-state index in [9.17, 15) is 23.2 Å². The maximum Gasteiger partial charge on any atom is 0.410 e. The number of nitrogens with zero attached hydrogens (tertiary/aromatic N) is 2. The van der Waals surface area contributed by atoms with Gasteiger partial charge in [-0.1, -0.05) is 86.6 Å². The van der Waals surface area contributed by atoms with Gasteiger partial charge in [-0.2, -0.15) is 0 Å². The Labute approximate surface area is 315 Å². The molecule has 0 unspecified atom stereocenters. The zero-order valence-electron chi connectivity index (χ0n) is 31.8. The fourth-order valence-corrected chi connectivity index (χ4v) is 7.55. The van der Waals surface area contributed by atoms with Gasteiger partial charge in [-0.25, -0.2) is 13.6 Å². The molecule has 4 aromatic carbocycles. The van der Waals surface area contributed by atoms with Crippen LogP contribution in [0.4, 0.5) is 13.6 Å². The number of aromatic nitrogens is 1. The van der Waals surface area contributed by atoms with Crippen LogP contribution in [0.1, 0.15) is 75.6 Å². The minimum atomic E-state index is -0.986. The SMILES string of the molecule is CC(C)C[C@H](CC(=O)[C@H](Cc1cn(Cc2ccc(F)c(F)c2)c2ccccc12)N(C)C(=O)OCC1c2ccccc2-c2ccccc21)C(=O)OC(C)(C)C. The number of esters is 1. The van der Waals surface area contributed by atoms with Crippen molar-refractivity contribution in [1.82, 2.24) is 9.47 Å². The second-order valence-electron chi connectivity index (χ2n) is 15.7. The Morgan fingerprint density at radius 3 is 2.11 bits per heavy atom. The third kappa shape index (κ3) is 8.56. The van der Waals surface area contributed by atoms with Crippen LogP contribution in [0.5, 0.6) is 0 Å². The number of likely N-dealkylation sites (N-methyl/N-ethyl adjacent to an activating group) is 1. The normalized spacial score (nSPS) is 13.7. The number of amides is 1. The highest BCUT2D eigenvalue weighted by Gasteiger charge is 2.36. The van der Waals surface area contributed by atoms with Gasteiger partial charge in [-0.05, 0) is 84.7 Å². The number of ketones is 1. The monoisotopic (exact) mass is 734 g/mol. The van der Waals surface area contributed by atoms with Crippen LogP contribution >= 0.6 is 0 Å². The first-order valence-corrected chi connectivity index (χ1v) is 18.5. The second kappa shape index (κ2) is 16.0. The quantitative estimate of drug-likeness (QED) is 0.113. The van der Waals surface area contributed by atoms with Crippen LogP contribution < -0.4 is 0 Å². The van der Waals surface area contributed by atoms with Crippen LogP contribution in [0.25, 0.3) is 22.0 Å². The zero-order valence-corrected chi connectivity index (χ0v) is 31.8. The minimum Gasteiger partial charge on any atom is -0.460 e. The predicted octanol–water partition coefficient (Wildman–Crippen LogP) is 9.72. The topological polar surface area (TPSA) is 77.8 Å². The molecule has 0 aliphatic heterocycles. The molecule has 1 amide bonds. The van der Waals surface area contributed by atoms with Crippen molar-refractivity contribution in [2.75, 3.05) is 13.7 Å². The molecular formula is C45H48F2N2O5. The number of benzene rings is 4. The lowest BCUT2D eigenvalue weighted by Gasteiger charge is -2.29. The number of rotatable bonds is 13. The first-order chi connectivity index (χ1) is 25.7. The Bertz CT molecular complexity index is 2120. The summed E-state index contributed by atoms with van der Waals surface area (Å²) in [5, 5.41) is 0.852. The molecule has 0 bridgehead atoms. The standard InChI is InChI=1S/C45H48F2N2O5/c1-28(2)21-30(43(51)54-45(3,4)5)24-42(50)41(23-31-26-49(40-18-12-11-13-32(31)40)25-29-19-20-38(46)39(47)22-29)48(6)44(52)53-27-37-35-16-9-7-14-33(35)34-15-8-10-17-36(34)37/h7-20,22,26,28,30,37,41H,21,23-25,27H2,1-6H3/t30-,41+/m1/s1. The Balaban J connectivity index is 1.30. The second-order valence-corrected chi connectivity index (χ2v) is 15.7. The maximum absolute atomic E-state index is 14.5. The summed E-state index contributed by atoms with van der Waals surface area (Å²) in [4.78, 5) is 43.3. The van der Waals surface area contributed by atoms with Crippen molar-refractivity contribution in [2.24, 2.45) is 11.8 Å². The van der Waals surface area contributed by atoms with E-state index < -0.39 is 41.3 Å². The van der Waals surface area contributed by atoms with Gasteiger partial charge in [0.05, 0.1) is 12.0 Å². The predicted molar refractivity (Wildman–Crippen MR) is 206 cm³/mol. The molecule has 1 aliphatic rings. The maximum atomic E-state index is 14.5. The van der Waals surface area contributed by atoms with Crippen molar-refractivity contribution >= 4 is 28.7 Å². The molecule has 0 saturated carbocycles. The highest BCUT2D eigenvalue weighted by molar-refractivity contribution is 5.92. The number of carbonyl (C=O) groups is 3. The number of hydrogen-bond acceptors (Lipinski definition) is 5. The van der Waals surface area contributed by atoms with E-state index in [0.717, 1.165) is 44.8 Å². The third-order valence-electron chi connectivity index (χ3n) is 10.0. The highest BCUT2D eigenvalue weighted by Crippen LogP contribution is 2.44. The Kier molecular flexibility index (Phi) is 11.4. The highest BCUT2D eigenvalue weighted by atomic mass is 19.2. The smallest absolute Gasteiger partial charge is 0.410 e. The van der Waals surface area contributed by atoms with Gasteiger partial charge in [0.25, 0.3) is 0 Å². The molecule has 1 aliphatic carbocycles. The third-order valence-corrected chi connectivity index (χ3v) is 10.0. The lowest BCUT2D eigenvalue weighted by atomic mass is 9.88. The van der Waals surface area contributed by atoms with E-state index in [-0.39, 0.29) is 43.6 Å². The van der Waals surface area contributed by atoms with Crippen molar-refractivity contribution in [2.45, 2.75) is 78.0 Å². The van der Waals surface area contributed by atoms with Crippen molar-refractivity contribution in [3.8, 4) is 11.1 Å². The minimum absolute atomic E-state index is 0.0829. The van der Waals surface area contributed by atoms with Gasteiger partial charge in [0, 0.05) is 49.5 Å². The average molecular weight is 735 g/mol. The van der Waals surface area contributed by atoms with Crippen molar-refractivity contribution in [3.05, 3.63) is 131 Å². The molecule has 9 heteroatoms. The van der Waals surface area contributed by atoms with Gasteiger partial charge in [-0.15, -0.1) is 0 Å². The molecule has 5 aromatic rings. The number of para-hydroxylation sites is 1. The molecule has 6 rings (SSSR count). The molecule has 54 heavy (non-hydrogen) atoms. The Hall–Kier alpha value is -5.31. The summed E-state index contributed by atoms with van der Waals surface area (Å²) in [6, 6.07) is 26.6. The number of ether oxygens (including phenoxy) is 2.